The molecule has 2 heterocycles. The zero-order chi connectivity index (χ0) is 48.4. The first-order valence-electron chi connectivity index (χ1n) is 25.1. The van der Waals surface area contributed by atoms with Crippen LogP contribution >= 0.6 is 0 Å². The van der Waals surface area contributed by atoms with Crippen LogP contribution in [0.4, 0.5) is 34.1 Å². The van der Waals surface area contributed by atoms with Crippen molar-refractivity contribution in [3.05, 3.63) is 181 Å². The van der Waals surface area contributed by atoms with Gasteiger partial charge in [-0.25, -0.2) is 0 Å². The van der Waals surface area contributed by atoms with Crippen molar-refractivity contribution < 1.29 is 8.83 Å². The fourth-order valence-corrected chi connectivity index (χ4v) is 13.4. The lowest BCUT2D eigenvalue weighted by atomic mass is 9.91. The van der Waals surface area contributed by atoms with Crippen molar-refractivity contribution >= 4 is 137 Å². The molecule has 0 bridgehead atoms. The lowest BCUT2D eigenvalue weighted by Gasteiger charge is -2.30. The van der Waals surface area contributed by atoms with Crippen LogP contribution in [-0.4, -0.2) is 16.1 Å². The van der Waals surface area contributed by atoms with E-state index in [1.165, 1.54) is 53.8 Å². The van der Waals surface area contributed by atoms with E-state index in [1.807, 2.05) is 0 Å². The van der Waals surface area contributed by atoms with E-state index >= 15 is 0 Å². The second-order valence-electron chi connectivity index (χ2n) is 22.1. The molecule has 0 aliphatic carbocycles. The molecular weight excluding hydrogens is 885 g/mol. The Morgan fingerprint density at radius 2 is 0.671 bits per heavy atom. The van der Waals surface area contributed by atoms with E-state index in [0.29, 0.717) is 11.8 Å². The fourth-order valence-electron chi connectivity index (χ4n) is 11.1. The molecule has 12 rings (SSSR count). The van der Waals surface area contributed by atoms with E-state index < -0.39 is 16.1 Å². The quantitative estimate of drug-likeness (QED) is 0.101. The monoisotopic (exact) mass is 944 g/mol. The first-order valence-corrected chi connectivity index (χ1v) is 32.1. The van der Waals surface area contributed by atoms with Crippen molar-refractivity contribution in [1.82, 2.24) is 0 Å². The zero-order valence-corrected chi connectivity index (χ0v) is 44.0. The fraction of sp³-hybridized carbons (Fsp3) is 0.188. The highest BCUT2D eigenvalue weighted by atomic mass is 28.3. The SMILES string of the molecule is CC(C)c1cccc2c1oc1c(N(c3ccc([Si](C)(C)C)cc3)c3ccc4ccc5c(N(c6ccc([Si](C)(C)C)cc6)c6cccc7c6oc6c(C(C)C)cccc67)ccc6ccc3c4c65)cccc12. The van der Waals surface area contributed by atoms with Gasteiger partial charge < -0.3 is 18.6 Å². The maximum absolute atomic E-state index is 7.08. The van der Waals surface area contributed by atoms with Crippen LogP contribution in [-0.2, 0) is 0 Å². The second kappa shape index (κ2) is 16.2. The molecule has 6 heteroatoms. The largest absolute Gasteiger partial charge is 0.454 e. The summed E-state index contributed by atoms with van der Waals surface area (Å²) in [4.78, 5) is 4.89. The molecule has 0 N–H and O–H groups in total. The summed E-state index contributed by atoms with van der Waals surface area (Å²) in [6.07, 6.45) is 0. The lowest BCUT2D eigenvalue weighted by Crippen LogP contribution is -2.37. The topological polar surface area (TPSA) is 32.8 Å². The maximum atomic E-state index is 7.08. The number of fused-ring (bicyclic) bond motifs is 6. The predicted octanol–water partition coefficient (Wildman–Crippen LogP) is 18.7. The summed E-state index contributed by atoms with van der Waals surface area (Å²) in [6.45, 7) is 23.5. The molecule has 70 heavy (non-hydrogen) atoms. The molecule has 0 aliphatic rings. The molecule has 2 aromatic heterocycles. The molecule has 0 saturated carbocycles. The first kappa shape index (κ1) is 44.1. The Kier molecular flexibility index (Phi) is 10.2. The highest BCUT2D eigenvalue weighted by Gasteiger charge is 2.28. The number of nitrogens with zero attached hydrogens (tertiary/aromatic N) is 2. The van der Waals surface area contributed by atoms with E-state index in [-0.39, 0.29) is 0 Å². The molecule has 10 aromatic carbocycles. The molecule has 346 valence electrons. The summed E-state index contributed by atoms with van der Waals surface area (Å²) >= 11 is 0. The minimum Gasteiger partial charge on any atom is -0.454 e. The molecule has 0 unspecified atom stereocenters. The maximum Gasteiger partial charge on any atom is 0.159 e. The van der Waals surface area contributed by atoms with Crippen molar-refractivity contribution in [3.8, 4) is 0 Å². The van der Waals surface area contributed by atoms with Crippen LogP contribution in [0.25, 0.3) is 76.2 Å². The Morgan fingerprint density at radius 1 is 0.329 bits per heavy atom. The number of benzene rings is 10. The van der Waals surface area contributed by atoms with Crippen LogP contribution in [0.15, 0.2) is 179 Å². The number of rotatable bonds is 10. The minimum atomic E-state index is -1.57. The Morgan fingerprint density at radius 3 is 1.03 bits per heavy atom. The molecular formula is C64H60N2O2Si2. The molecule has 0 aliphatic heterocycles. The third-order valence-corrected chi connectivity index (χ3v) is 19.0. The highest BCUT2D eigenvalue weighted by molar-refractivity contribution is 6.89. The zero-order valence-electron chi connectivity index (χ0n) is 42.0. The van der Waals surface area contributed by atoms with Gasteiger partial charge >= 0.3 is 0 Å². The van der Waals surface area contributed by atoms with Gasteiger partial charge in [0.05, 0.1) is 38.9 Å². The van der Waals surface area contributed by atoms with Gasteiger partial charge in [0.1, 0.15) is 11.2 Å². The average molecular weight is 945 g/mol. The number of para-hydroxylation sites is 4. The van der Waals surface area contributed by atoms with Crippen molar-refractivity contribution in [2.75, 3.05) is 9.80 Å². The van der Waals surface area contributed by atoms with E-state index in [0.717, 1.165) is 78.0 Å². The van der Waals surface area contributed by atoms with Crippen LogP contribution in [0.1, 0.15) is 50.7 Å². The normalized spacial score (nSPS) is 12.7. The summed E-state index contributed by atoms with van der Waals surface area (Å²) < 4.78 is 14.2. The molecule has 0 amide bonds. The van der Waals surface area contributed by atoms with Crippen molar-refractivity contribution in [1.29, 1.82) is 0 Å². The first-order chi connectivity index (χ1) is 33.7. The highest BCUT2D eigenvalue weighted by Crippen LogP contribution is 2.51. The molecule has 0 radical (unpaired) electrons. The predicted molar refractivity (Wildman–Crippen MR) is 308 cm³/mol. The van der Waals surface area contributed by atoms with Gasteiger partial charge in [-0.1, -0.05) is 199 Å². The van der Waals surface area contributed by atoms with Gasteiger partial charge in [0.15, 0.2) is 11.2 Å². The molecule has 0 spiro atoms. The number of hydrogen-bond acceptors (Lipinski definition) is 4. The van der Waals surface area contributed by atoms with Gasteiger partial charge in [-0.05, 0) is 93.0 Å². The molecule has 12 aromatic rings. The lowest BCUT2D eigenvalue weighted by molar-refractivity contribution is 0.657. The Hall–Kier alpha value is -7.13. The molecule has 0 atom stereocenters. The smallest absolute Gasteiger partial charge is 0.159 e. The summed E-state index contributed by atoms with van der Waals surface area (Å²) in [5.41, 5.74) is 12.6. The number of anilines is 6. The summed E-state index contributed by atoms with van der Waals surface area (Å²) in [5, 5.41) is 14.7. The molecule has 4 nitrogen and oxygen atoms in total. The molecule has 0 fully saturated rings. The van der Waals surface area contributed by atoms with Crippen molar-refractivity contribution in [2.45, 2.75) is 78.8 Å². The van der Waals surface area contributed by atoms with Gasteiger partial charge in [-0.15, -0.1) is 0 Å². The van der Waals surface area contributed by atoms with Gasteiger partial charge in [-0.2, -0.15) is 0 Å². The van der Waals surface area contributed by atoms with Crippen LogP contribution in [0.3, 0.4) is 0 Å². The van der Waals surface area contributed by atoms with Gasteiger partial charge in [0.2, 0.25) is 0 Å². The number of furan rings is 2. The Labute approximate surface area is 413 Å². The summed E-state index contributed by atoms with van der Waals surface area (Å²) in [5.74, 6) is 0.648. The van der Waals surface area contributed by atoms with Crippen LogP contribution in [0, 0.1) is 0 Å². The third-order valence-electron chi connectivity index (χ3n) is 14.9. The second-order valence-corrected chi connectivity index (χ2v) is 32.3. The van der Waals surface area contributed by atoms with Crippen LogP contribution in [0.2, 0.25) is 39.3 Å². The summed E-state index contributed by atoms with van der Waals surface area (Å²) in [6, 6.07) is 63.7. The van der Waals surface area contributed by atoms with Gasteiger partial charge in [0.25, 0.3) is 0 Å². The molecule has 0 saturated heterocycles. The van der Waals surface area contributed by atoms with Gasteiger partial charge in [0, 0.05) is 43.7 Å². The summed E-state index contributed by atoms with van der Waals surface area (Å²) in [7, 11) is -3.15. The van der Waals surface area contributed by atoms with E-state index in [4.69, 9.17) is 8.83 Å². The van der Waals surface area contributed by atoms with E-state index in [2.05, 4.69) is 247 Å². The van der Waals surface area contributed by atoms with E-state index in [9.17, 15) is 0 Å². The standard InChI is InChI=1S/C64H60N2O2Si2/c1-39(2)47-15-11-17-49-51-19-13-21-57(63(51)67-61(47)49)65(43-27-31-45(32-28-43)69(5,6)7)55-37-25-41-24-36-54-56(38-26-42-23-35-53(55)59(41)60(42)54)66(44-29-33-46(34-30-44)70(8,9)10)58-22-14-20-52-50-18-12-16-48(40(3)4)62(50)68-64(52)58/h11-40H,1-10H3. The van der Waals surface area contributed by atoms with Crippen LogP contribution < -0.4 is 20.2 Å². The van der Waals surface area contributed by atoms with E-state index in [1.54, 1.807) is 0 Å². The van der Waals surface area contributed by atoms with Crippen LogP contribution in [0.5, 0.6) is 0 Å². The van der Waals surface area contributed by atoms with Crippen molar-refractivity contribution in [3.63, 3.8) is 0 Å². The third kappa shape index (κ3) is 6.98. The Bertz CT molecular complexity index is 3720. The minimum absolute atomic E-state index is 0.324. The van der Waals surface area contributed by atoms with Gasteiger partial charge in [-0.3, -0.25) is 0 Å². The Balaban J connectivity index is 1.12. The average Bonchev–Trinajstić information content (AvgIpc) is 3.93. The number of hydrogen-bond donors (Lipinski definition) is 0. The van der Waals surface area contributed by atoms with Crippen molar-refractivity contribution in [2.24, 2.45) is 0 Å².